The number of esters is 1. The number of ether oxygens (including phenoxy) is 1. The Labute approximate surface area is 189 Å². The maximum absolute atomic E-state index is 12.0. The summed E-state index contributed by atoms with van der Waals surface area (Å²) in [5.74, 6) is -0.0443. The lowest BCUT2D eigenvalue weighted by atomic mass is 9.98. The summed E-state index contributed by atoms with van der Waals surface area (Å²) in [4.78, 5) is 20.3. The first kappa shape index (κ1) is 24.4. The van der Waals surface area contributed by atoms with E-state index >= 15 is 0 Å². The van der Waals surface area contributed by atoms with Crippen LogP contribution in [0.25, 0.3) is 0 Å². The molecule has 0 saturated carbocycles. The highest BCUT2D eigenvalue weighted by Gasteiger charge is 2.29. The number of piperidine rings is 1. The molecule has 0 amide bonds. The average Bonchev–Trinajstić information content (AvgIpc) is 3.15. The SMILES string of the molecule is CCOC(=O)[C@H]1CCC[NH+](CCO/N=C(/c2ccccc2C)c2sccc2C)C1.[Cl-]. The monoisotopic (exact) mass is 450 g/mol. The second-order valence-electron chi connectivity index (χ2n) is 7.57. The second-order valence-corrected chi connectivity index (χ2v) is 8.48. The molecule has 7 heteroatoms. The van der Waals surface area contributed by atoms with E-state index in [0.717, 1.165) is 48.6 Å². The number of nitrogens with one attached hydrogen (secondary N) is 1. The van der Waals surface area contributed by atoms with Crippen molar-refractivity contribution in [2.24, 2.45) is 11.1 Å². The van der Waals surface area contributed by atoms with Crippen LogP contribution in [0.15, 0.2) is 40.9 Å². The number of nitrogens with zero attached hydrogens (tertiary/aromatic N) is 1. The van der Waals surface area contributed by atoms with E-state index in [1.807, 2.05) is 19.1 Å². The molecule has 1 aromatic heterocycles. The van der Waals surface area contributed by atoms with Gasteiger partial charge in [0.2, 0.25) is 0 Å². The smallest absolute Gasteiger partial charge is 0.314 e. The predicted molar refractivity (Wildman–Crippen MR) is 117 cm³/mol. The number of benzene rings is 1. The number of aryl methyl sites for hydroxylation is 2. The fourth-order valence-electron chi connectivity index (χ4n) is 3.81. The molecule has 5 nitrogen and oxygen atoms in total. The van der Waals surface area contributed by atoms with E-state index in [1.54, 1.807) is 11.3 Å². The van der Waals surface area contributed by atoms with Crippen LogP contribution >= 0.6 is 11.3 Å². The first-order valence-corrected chi connectivity index (χ1v) is 11.3. The molecule has 1 saturated heterocycles. The highest BCUT2D eigenvalue weighted by Crippen LogP contribution is 2.23. The molecule has 2 heterocycles. The van der Waals surface area contributed by atoms with Crippen LogP contribution in [0.2, 0.25) is 0 Å². The molecule has 2 aromatic rings. The van der Waals surface area contributed by atoms with Crippen molar-refractivity contribution in [3.63, 3.8) is 0 Å². The third-order valence-corrected chi connectivity index (χ3v) is 6.44. The van der Waals surface area contributed by atoms with Gasteiger partial charge in [0.05, 0.1) is 24.6 Å². The molecule has 2 atom stereocenters. The standard InChI is InChI=1S/C23H30N2O3S.ClH/c1-4-27-23(26)19-9-7-12-25(16-19)13-14-28-24-21(22-18(3)11-15-29-22)20-10-6-5-8-17(20)2;/h5-6,8,10-11,15,19H,4,7,9,12-14,16H2,1-3H3;1H/b24-21-;/t19-;/m0./s1. The third-order valence-electron chi connectivity index (χ3n) is 5.42. The van der Waals surface area contributed by atoms with Gasteiger partial charge in [-0.05, 0) is 56.2 Å². The van der Waals surface area contributed by atoms with Crippen molar-refractivity contribution in [3.05, 3.63) is 57.3 Å². The average molecular weight is 451 g/mol. The molecular formula is C23H31ClN2O3S. The lowest BCUT2D eigenvalue weighted by Gasteiger charge is -2.28. The van der Waals surface area contributed by atoms with Gasteiger partial charge in [0.15, 0.2) is 6.61 Å². The molecule has 0 radical (unpaired) electrons. The summed E-state index contributed by atoms with van der Waals surface area (Å²) in [6.45, 7) is 9.77. The van der Waals surface area contributed by atoms with Crippen LogP contribution in [0, 0.1) is 19.8 Å². The van der Waals surface area contributed by atoms with Gasteiger partial charge in [-0.1, -0.05) is 29.4 Å². The number of thiophene rings is 1. The predicted octanol–water partition coefficient (Wildman–Crippen LogP) is -0.00406. The summed E-state index contributed by atoms with van der Waals surface area (Å²) < 4.78 is 5.20. The van der Waals surface area contributed by atoms with E-state index in [9.17, 15) is 4.79 Å². The zero-order chi connectivity index (χ0) is 20.6. The van der Waals surface area contributed by atoms with Crippen molar-refractivity contribution >= 4 is 23.0 Å². The van der Waals surface area contributed by atoms with E-state index in [2.05, 4.69) is 42.6 Å². The highest BCUT2D eigenvalue weighted by atomic mass is 35.5. The first-order chi connectivity index (χ1) is 14.1. The number of halogens is 1. The number of hydrogen-bond acceptors (Lipinski definition) is 5. The Hall–Kier alpha value is -1.89. The third kappa shape index (κ3) is 6.30. The van der Waals surface area contributed by atoms with Gasteiger partial charge in [-0.25, -0.2) is 0 Å². The zero-order valence-electron chi connectivity index (χ0n) is 17.9. The van der Waals surface area contributed by atoms with Crippen LogP contribution < -0.4 is 17.3 Å². The maximum Gasteiger partial charge on any atom is 0.314 e. The summed E-state index contributed by atoms with van der Waals surface area (Å²) >= 11 is 1.69. The largest absolute Gasteiger partial charge is 1.00 e. The summed E-state index contributed by atoms with van der Waals surface area (Å²) in [5, 5.41) is 6.64. The minimum atomic E-state index is -0.0568. The molecule has 1 N–H and O–H groups in total. The van der Waals surface area contributed by atoms with Crippen molar-refractivity contribution in [1.82, 2.24) is 0 Å². The summed E-state index contributed by atoms with van der Waals surface area (Å²) in [5.41, 5.74) is 4.39. The fraction of sp³-hybridized carbons (Fsp3) is 0.478. The maximum atomic E-state index is 12.0. The topological polar surface area (TPSA) is 52.3 Å². The van der Waals surface area contributed by atoms with E-state index in [4.69, 9.17) is 9.57 Å². The molecule has 0 bridgehead atoms. The lowest BCUT2D eigenvalue weighted by Crippen LogP contribution is -3.14. The quantitative estimate of drug-likeness (QED) is 0.266. The highest BCUT2D eigenvalue weighted by molar-refractivity contribution is 7.12. The van der Waals surface area contributed by atoms with Crippen molar-refractivity contribution in [1.29, 1.82) is 0 Å². The molecule has 1 aromatic carbocycles. The van der Waals surface area contributed by atoms with Gasteiger partial charge in [-0.3, -0.25) is 4.79 Å². The van der Waals surface area contributed by atoms with E-state index < -0.39 is 0 Å². The van der Waals surface area contributed by atoms with Crippen molar-refractivity contribution in [2.75, 3.05) is 32.8 Å². The molecular weight excluding hydrogens is 420 g/mol. The van der Waals surface area contributed by atoms with Crippen LogP contribution in [0.1, 0.15) is 41.3 Å². The molecule has 1 aliphatic heterocycles. The molecule has 3 rings (SSSR count). The molecule has 1 aliphatic rings. The van der Waals surface area contributed by atoms with E-state index in [-0.39, 0.29) is 24.3 Å². The van der Waals surface area contributed by atoms with Crippen LogP contribution in [0.4, 0.5) is 0 Å². The van der Waals surface area contributed by atoms with E-state index in [0.29, 0.717) is 13.2 Å². The Morgan fingerprint density at radius 1 is 1.23 bits per heavy atom. The van der Waals surface area contributed by atoms with Gasteiger partial charge in [0.25, 0.3) is 0 Å². The van der Waals surface area contributed by atoms with Crippen LogP contribution in [-0.2, 0) is 14.4 Å². The van der Waals surface area contributed by atoms with Crippen molar-refractivity contribution < 1.29 is 31.7 Å². The molecule has 0 aliphatic carbocycles. The Balaban J connectivity index is 0.00000320. The van der Waals surface area contributed by atoms with Gasteiger partial charge in [-0.15, -0.1) is 11.3 Å². The van der Waals surface area contributed by atoms with Gasteiger partial charge in [-0.2, -0.15) is 0 Å². The van der Waals surface area contributed by atoms with Gasteiger partial charge in [0, 0.05) is 5.56 Å². The number of carbonyl (C=O) groups excluding carboxylic acids is 1. The van der Waals surface area contributed by atoms with Gasteiger partial charge >= 0.3 is 5.97 Å². The van der Waals surface area contributed by atoms with Crippen molar-refractivity contribution in [2.45, 2.75) is 33.6 Å². The number of likely N-dealkylation sites (tertiary alicyclic amines) is 1. The Morgan fingerprint density at radius 2 is 2.03 bits per heavy atom. The molecule has 164 valence electrons. The van der Waals surface area contributed by atoms with Gasteiger partial charge in [0.1, 0.15) is 18.2 Å². The van der Waals surface area contributed by atoms with Crippen LogP contribution in [-0.4, -0.2) is 44.5 Å². The molecule has 1 unspecified atom stereocenters. The minimum absolute atomic E-state index is 0. The van der Waals surface area contributed by atoms with Crippen LogP contribution in [0.5, 0.6) is 0 Å². The van der Waals surface area contributed by atoms with Crippen LogP contribution in [0.3, 0.4) is 0 Å². The zero-order valence-corrected chi connectivity index (χ0v) is 19.5. The fourth-order valence-corrected chi connectivity index (χ4v) is 4.73. The number of oxime groups is 1. The Morgan fingerprint density at radius 3 is 2.73 bits per heavy atom. The number of carbonyl (C=O) groups is 1. The number of hydrogen-bond donors (Lipinski definition) is 1. The molecule has 30 heavy (non-hydrogen) atoms. The normalized spacial score (nSPS) is 19.1. The summed E-state index contributed by atoms with van der Waals surface area (Å²) in [7, 11) is 0. The minimum Gasteiger partial charge on any atom is -1.00 e. The second kappa shape index (κ2) is 12.1. The molecule has 0 spiro atoms. The Bertz CT molecular complexity index is 852. The Kier molecular flexibility index (Phi) is 9.82. The molecule has 1 fully saturated rings. The first-order valence-electron chi connectivity index (χ1n) is 10.4. The van der Waals surface area contributed by atoms with Gasteiger partial charge < -0.3 is 26.9 Å². The number of quaternary nitrogens is 1. The summed E-state index contributed by atoms with van der Waals surface area (Å²) in [6, 6.07) is 10.4. The number of rotatable bonds is 8. The van der Waals surface area contributed by atoms with Crippen molar-refractivity contribution in [3.8, 4) is 0 Å². The lowest BCUT2D eigenvalue weighted by molar-refractivity contribution is -0.908. The summed E-state index contributed by atoms with van der Waals surface area (Å²) in [6.07, 6.45) is 1.97. The van der Waals surface area contributed by atoms with E-state index in [1.165, 1.54) is 16.0 Å².